The quantitative estimate of drug-likeness (QED) is 0.733. The number of halogens is 2. The Morgan fingerprint density at radius 2 is 2.18 bits per heavy atom. The van der Waals surface area contributed by atoms with Crippen molar-refractivity contribution in [2.75, 3.05) is 19.6 Å². The number of nitrogens with one attached hydrogen (secondary N) is 3. The summed E-state index contributed by atoms with van der Waals surface area (Å²) >= 11 is 3.32. The number of rotatable bonds is 4. The second kappa shape index (κ2) is 9.12. The van der Waals surface area contributed by atoms with Crippen LogP contribution in [0.1, 0.15) is 23.7 Å². The summed E-state index contributed by atoms with van der Waals surface area (Å²) in [6, 6.07) is 7.26. The Morgan fingerprint density at radius 3 is 2.86 bits per heavy atom. The fourth-order valence-corrected chi connectivity index (χ4v) is 2.78. The van der Waals surface area contributed by atoms with Gasteiger partial charge in [0.05, 0.1) is 6.54 Å². The van der Waals surface area contributed by atoms with Crippen molar-refractivity contribution in [3.63, 3.8) is 0 Å². The fraction of sp³-hybridized carbons (Fsp3) is 0.467. The molecular weight excluding hydrogens is 370 g/mol. The third-order valence-corrected chi connectivity index (χ3v) is 4.12. The molecule has 7 heteroatoms. The first-order chi connectivity index (χ1) is 10.1. The number of hydrogen-bond donors (Lipinski definition) is 3. The lowest BCUT2D eigenvalue weighted by Crippen LogP contribution is -2.50. The van der Waals surface area contributed by atoms with Crippen LogP contribution >= 0.6 is 28.3 Å². The van der Waals surface area contributed by atoms with Crippen LogP contribution in [0.5, 0.6) is 0 Å². The lowest BCUT2D eigenvalue weighted by Gasteiger charge is -2.30. The van der Waals surface area contributed by atoms with Crippen molar-refractivity contribution in [3.8, 4) is 0 Å². The van der Waals surface area contributed by atoms with Crippen molar-refractivity contribution in [1.82, 2.24) is 16.0 Å². The summed E-state index contributed by atoms with van der Waals surface area (Å²) in [5.74, 6) is 0.0189. The minimum atomic E-state index is -0.246. The molecule has 1 fully saturated rings. The Morgan fingerprint density at radius 1 is 1.41 bits per heavy atom. The molecule has 0 bridgehead atoms. The van der Waals surface area contributed by atoms with Crippen LogP contribution < -0.4 is 16.0 Å². The molecule has 22 heavy (non-hydrogen) atoms. The molecule has 3 N–H and O–H groups in total. The molecule has 0 aromatic heterocycles. The molecule has 2 atom stereocenters. The largest absolute Gasteiger partial charge is 0.351 e. The molecule has 2 unspecified atom stereocenters. The zero-order chi connectivity index (χ0) is 15.2. The normalized spacial score (nSPS) is 20.6. The molecular formula is C15H21BrClN3O2. The number of amides is 2. The predicted molar refractivity (Wildman–Crippen MR) is 92.3 cm³/mol. The molecule has 1 heterocycles. The highest BCUT2D eigenvalue weighted by atomic mass is 79.9. The molecule has 1 aliphatic heterocycles. The molecule has 0 aliphatic carbocycles. The van der Waals surface area contributed by atoms with Gasteiger partial charge in [-0.15, -0.1) is 12.4 Å². The van der Waals surface area contributed by atoms with E-state index in [0.29, 0.717) is 11.5 Å². The lowest BCUT2D eigenvalue weighted by molar-refractivity contribution is -0.121. The summed E-state index contributed by atoms with van der Waals surface area (Å²) in [7, 11) is 0. The van der Waals surface area contributed by atoms with Gasteiger partial charge in [0.15, 0.2) is 0 Å². The molecule has 2 amide bonds. The Balaban J connectivity index is 0.00000242. The third-order valence-electron chi connectivity index (χ3n) is 3.63. The van der Waals surface area contributed by atoms with Crippen LogP contribution in [0, 0.1) is 5.92 Å². The van der Waals surface area contributed by atoms with Crippen LogP contribution in [0.2, 0.25) is 0 Å². The molecule has 0 radical (unpaired) electrons. The van der Waals surface area contributed by atoms with E-state index in [0.717, 1.165) is 24.0 Å². The number of benzene rings is 1. The summed E-state index contributed by atoms with van der Waals surface area (Å²) in [6.45, 7) is 3.94. The predicted octanol–water partition coefficient (Wildman–Crippen LogP) is 1.71. The summed E-state index contributed by atoms with van der Waals surface area (Å²) in [6.07, 6.45) is 0.923. The molecule has 1 aliphatic rings. The van der Waals surface area contributed by atoms with Gasteiger partial charge in [-0.2, -0.15) is 0 Å². The standard InChI is InChI=1S/C15H20BrN3O2.ClH/c1-10-8-17-6-5-13(10)19-14(20)9-18-15(21)11-3-2-4-12(16)7-11;/h2-4,7,10,13,17H,5-6,8-9H2,1H3,(H,18,21)(H,19,20);1H. The van der Waals surface area contributed by atoms with E-state index in [1.165, 1.54) is 0 Å². The van der Waals surface area contributed by atoms with Crippen molar-refractivity contribution < 1.29 is 9.59 Å². The molecule has 1 saturated heterocycles. The van der Waals surface area contributed by atoms with Gasteiger partial charge in [-0.05, 0) is 43.6 Å². The van der Waals surface area contributed by atoms with E-state index in [-0.39, 0.29) is 36.8 Å². The Bertz CT molecular complexity index is 527. The average molecular weight is 391 g/mol. The van der Waals surface area contributed by atoms with Gasteiger partial charge in [0.1, 0.15) is 0 Å². The van der Waals surface area contributed by atoms with Crippen LogP contribution in [0.15, 0.2) is 28.7 Å². The molecule has 5 nitrogen and oxygen atoms in total. The molecule has 122 valence electrons. The van der Waals surface area contributed by atoms with Crippen LogP contribution in [-0.2, 0) is 4.79 Å². The topological polar surface area (TPSA) is 70.2 Å². The Kier molecular flexibility index (Phi) is 7.85. The van der Waals surface area contributed by atoms with Gasteiger partial charge in [-0.3, -0.25) is 9.59 Å². The summed E-state index contributed by atoms with van der Waals surface area (Å²) in [5.41, 5.74) is 0.535. The van der Waals surface area contributed by atoms with Crippen molar-refractivity contribution in [3.05, 3.63) is 34.3 Å². The maximum Gasteiger partial charge on any atom is 0.251 e. The van der Waals surface area contributed by atoms with Crippen LogP contribution in [0.4, 0.5) is 0 Å². The summed E-state index contributed by atoms with van der Waals surface area (Å²) in [4.78, 5) is 23.8. The molecule has 1 aromatic rings. The zero-order valence-electron chi connectivity index (χ0n) is 12.4. The SMILES string of the molecule is CC1CNCCC1NC(=O)CNC(=O)c1cccc(Br)c1.Cl. The second-order valence-electron chi connectivity index (χ2n) is 5.34. The second-order valence-corrected chi connectivity index (χ2v) is 6.25. The summed E-state index contributed by atoms with van der Waals surface area (Å²) in [5, 5.41) is 8.92. The number of hydrogen-bond acceptors (Lipinski definition) is 3. The van der Waals surface area contributed by atoms with Gasteiger partial charge in [0, 0.05) is 16.1 Å². The van der Waals surface area contributed by atoms with E-state index in [4.69, 9.17) is 0 Å². The monoisotopic (exact) mass is 389 g/mol. The lowest BCUT2D eigenvalue weighted by atomic mass is 9.95. The van der Waals surface area contributed by atoms with E-state index < -0.39 is 0 Å². The van der Waals surface area contributed by atoms with Crippen LogP contribution in [-0.4, -0.2) is 37.5 Å². The van der Waals surface area contributed by atoms with Gasteiger partial charge in [0.2, 0.25) is 5.91 Å². The fourth-order valence-electron chi connectivity index (χ4n) is 2.38. The minimum absolute atomic E-state index is 0. The van der Waals surface area contributed by atoms with E-state index in [1.807, 2.05) is 6.07 Å². The van der Waals surface area contributed by atoms with Crippen molar-refractivity contribution in [2.45, 2.75) is 19.4 Å². The Hall–Kier alpha value is -1.11. The van der Waals surface area contributed by atoms with Crippen LogP contribution in [0.25, 0.3) is 0 Å². The van der Waals surface area contributed by atoms with E-state index in [2.05, 4.69) is 38.8 Å². The van der Waals surface area contributed by atoms with Gasteiger partial charge in [0.25, 0.3) is 5.91 Å². The first-order valence-corrected chi connectivity index (χ1v) is 7.89. The highest BCUT2D eigenvalue weighted by Gasteiger charge is 2.22. The van der Waals surface area contributed by atoms with E-state index in [9.17, 15) is 9.59 Å². The third kappa shape index (κ3) is 5.59. The van der Waals surface area contributed by atoms with Crippen molar-refractivity contribution >= 4 is 40.2 Å². The van der Waals surface area contributed by atoms with Crippen molar-refractivity contribution in [1.29, 1.82) is 0 Å². The van der Waals surface area contributed by atoms with Gasteiger partial charge >= 0.3 is 0 Å². The smallest absolute Gasteiger partial charge is 0.251 e. The highest BCUT2D eigenvalue weighted by molar-refractivity contribution is 9.10. The zero-order valence-corrected chi connectivity index (χ0v) is 14.8. The summed E-state index contributed by atoms with van der Waals surface area (Å²) < 4.78 is 0.836. The van der Waals surface area contributed by atoms with E-state index >= 15 is 0 Å². The highest BCUT2D eigenvalue weighted by Crippen LogP contribution is 2.11. The van der Waals surface area contributed by atoms with Crippen LogP contribution in [0.3, 0.4) is 0 Å². The number of carbonyl (C=O) groups excluding carboxylic acids is 2. The maximum atomic E-state index is 11.9. The van der Waals surface area contributed by atoms with Gasteiger partial charge < -0.3 is 16.0 Å². The maximum absolute atomic E-state index is 11.9. The van der Waals surface area contributed by atoms with Crippen molar-refractivity contribution in [2.24, 2.45) is 5.92 Å². The number of piperidine rings is 1. The minimum Gasteiger partial charge on any atom is -0.351 e. The van der Waals surface area contributed by atoms with Gasteiger partial charge in [-0.25, -0.2) is 0 Å². The number of carbonyl (C=O) groups is 2. The molecule has 1 aromatic carbocycles. The first kappa shape index (κ1) is 18.9. The average Bonchev–Trinajstić information content (AvgIpc) is 2.47. The molecule has 0 spiro atoms. The molecule has 0 saturated carbocycles. The Labute approximate surface area is 145 Å². The van der Waals surface area contributed by atoms with Gasteiger partial charge in [-0.1, -0.05) is 28.9 Å². The molecule has 2 rings (SSSR count). The van der Waals surface area contributed by atoms with E-state index in [1.54, 1.807) is 18.2 Å². The first-order valence-electron chi connectivity index (χ1n) is 7.10.